The van der Waals surface area contributed by atoms with Crippen LogP contribution in [0.2, 0.25) is 0 Å². The number of hydrogen-bond acceptors (Lipinski definition) is 10. The second-order valence-electron chi connectivity index (χ2n) is 21.5. The van der Waals surface area contributed by atoms with Gasteiger partial charge in [-0.2, -0.15) is 0 Å². The number of esters is 2. The van der Waals surface area contributed by atoms with Crippen LogP contribution in [-0.2, 0) is 19.1 Å². The topological polar surface area (TPSA) is 162 Å². The quantitative estimate of drug-likeness (QED) is 0.0285. The van der Waals surface area contributed by atoms with Gasteiger partial charge in [-0.15, -0.1) is 0 Å². The van der Waals surface area contributed by atoms with Crippen molar-refractivity contribution in [2.24, 2.45) is 23.7 Å². The second-order valence-corrected chi connectivity index (χ2v) is 21.5. The fraction of sp³-hybridized carbons (Fsp3) is 0.613. The standard InChI is InChI=1S/C62H86N2O10/c1-7-9-11-13-19-25-31-49-45(29-23-12-10-8-2)33-34-46(30-24-18-14-16-21-27-39-73-61(71)47-35-37-51-53(41-47)59(69)63(57(51)67)55(65)43(3)4)50(49)32-26-20-15-17-22-28-40-74-62(72)48-36-38-52-54(42-48)60(70)64(58(52)68)56(66)44(5)6/h35-38,41-42,45-46,49-50H,3,5,7-34,39-40H2,1-2,4,6H3. The van der Waals surface area contributed by atoms with Gasteiger partial charge in [-0.3, -0.25) is 28.8 Å². The monoisotopic (exact) mass is 1020 g/mol. The summed E-state index contributed by atoms with van der Waals surface area (Å²) in [6, 6.07) is 8.39. The largest absolute Gasteiger partial charge is 0.462 e. The molecular weight excluding hydrogens is 933 g/mol. The first kappa shape index (κ1) is 59.4. The molecule has 0 saturated heterocycles. The van der Waals surface area contributed by atoms with Crippen LogP contribution in [0.3, 0.4) is 0 Å². The first-order valence-electron chi connectivity index (χ1n) is 28.5. The number of rotatable bonds is 34. The van der Waals surface area contributed by atoms with Gasteiger partial charge in [-0.05, 0) is 112 Å². The van der Waals surface area contributed by atoms with Gasteiger partial charge < -0.3 is 9.47 Å². The third kappa shape index (κ3) is 16.5. The van der Waals surface area contributed by atoms with Crippen LogP contribution in [0.4, 0.5) is 0 Å². The van der Waals surface area contributed by atoms with E-state index in [1.165, 1.54) is 179 Å². The summed E-state index contributed by atoms with van der Waals surface area (Å²) in [6.07, 6.45) is 34.2. The van der Waals surface area contributed by atoms with Gasteiger partial charge in [0, 0.05) is 11.1 Å². The van der Waals surface area contributed by atoms with Crippen molar-refractivity contribution in [2.45, 2.75) is 207 Å². The molecule has 12 heteroatoms. The van der Waals surface area contributed by atoms with Crippen LogP contribution in [0.25, 0.3) is 0 Å². The van der Waals surface area contributed by atoms with E-state index in [-0.39, 0.29) is 57.7 Å². The van der Waals surface area contributed by atoms with Crippen molar-refractivity contribution in [1.29, 1.82) is 0 Å². The molecule has 74 heavy (non-hydrogen) atoms. The van der Waals surface area contributed by atoms with Gasteiger partial charge >= 0.3 is 11.9 Å². The predicted molar refractivity (Wildman–Crippen MR) is 289 cm³/mol. The maximum atomic E-state index is 12.9. The average molecular weight is 1020 g/mol. The molecule has 0 spiro atoms. The summed E-state index contributed by atoms with van der Waals surface area (Å²) >= 11 is 0. The first-order chi connectivity index (χ1) is 35.7. The molecule has 0 radical (unpaired) electrons. The maximum Gasteiger partial charge on any atom is 0.338 e. The Balaban J connectivity index is 1.04. The number of amides is 6. The molecule has 0 N–H and O–H groups in total. The van der Waals surface area contributed by atoms with Crippen molar-refractivity contribution in [3.63, 3.8) is 0 Å². The Hall–Kier alpha value is -5.52. The highest BCUT2D eigenvalue weighted by molar-refractivity contribution is 6.32. The lowest BCUT2D eigenvalue weighted by Gasteiger charge is -2.44. The Labute approximate surface area is 441 Å². The lowest BCUT2D eigenvalue weighted by Crippen LogP contribution is -2.36. The Morgan fingerprint density at radius 3 is 1.12 bits per heavy atom. The van der Waals surface area contributed by atoms with Crippen LogP contribution in [0.5, 0.6) is 0 Å². The lowest BCUT2D eigenvalue weighted by molar-refractivity contribution is -0.123. The van der Waals surface area contributed by atoms with E-state index < -0.39 is 47.4 Å². The van der Waals surface area contributed by atoms with Crippen LogP contribution >= 0.6 is 0 Å². The number of imide groups is 6. The van der Waals surface area contributed by atoms with Crippen molar-refractivity contribution < 1.29 is 47.8 Å². The molecule has 2 aromatic carbocycles. The normalized spacial score (nSPS) is 18.2. The molecule has 6 amide bonds. The van der Waals surface area contributed by atoms with Gasteiger partial charge in [0.15, 0.2) is 0 Å². The zero-order valence-electron chi connectivity index (χ0n) is 45.4. The molecule has 2 aliphatic heterocycles. The molecule has 1 saturated carbocycles. The summed E-state index contributed by atoms with van der Waals surface area (Å²) in [6.45, 7) is 15.1. The number of carbonyl (C=O) groups is 8. The van der Waals surface area contributed by atoms with E-state index in [1.54, 1.807) is 0 Å². The van der Waals surface area contributed by atoms with Crippen molar-refractivity contribution in [3.8, 4) is 0 Å². The molecule has 12 nitrogen and oxygen atoms in total. The molecule has 5 rings (SSSR count). The molecule has 404 valence electrons. The minimum atomic E-state index is -0.755. The van der Waals surface area contributed by atoms with E-state index in [2.05, 4.69) is 27.0 Å². The number of carbonyl (C=O) groups excluding carboxylic acids is 8. The maximum absolute atomic E-state index is 12.9. The molecule has 0 bridgehead atoms. The van der Waals surface area contributed by atoms with E-state index in [1.807, 2.05) is 0 Å². The first-order valence-corrected chi connectivity index (χ1v) is 28.5. The van der Waals surface area contributed by atoms with Crippen molar-refractivity contribution in [2.75, 3.05) is 13.2 Å². The summed E-state index contributed by atoms with van der Waals surface area (Å²) in [4.78, 5) is 103. The smallest absolute Gasteiger partial charge is 0.338 e. The summed E-state index contributed by atoms with van der Waals surface area (Å²) in [5.41, 5.74) is 0.702. The van der Waals surface area contributed by atoms with Gasteiger partial charge in [0.1, 0.15) is 0 Å². The Kier molecular flexibility index (Phi) is 24.7. The van der Waals surface area contributed by atoms with Gasteiger partial charge in [0.25, 0.3) is 35.4 Å². The molecule has 4 unspecified atom stereocenters. The SMILES string of the molecule is C=C(C)C(=O)N1C(=O)c2ccc(C(=O)OCCCCCCCCC3CCC(CCCCCC)C(CCCCCCCC)C3CCCCCCCCOC(=O)c3ccc4c(c3)C(=O)N(C(=O)C(=C)C)C4=O)cc2C1=O. The van der Waals surface area contributed by atoms with E-state index in [4.69, 9.17) is 9.47 Å². The van der Waals surface area contributed by atoms with Gasteiger partial charge in [-0.25, -0.2) is 19.4 Å². The van der Waals surface area contributed by atoms with Crippen molar-refractivity contribution >= 4 is 47.4 Å². The van der Waals surface area contributed by atoms with E-state index in [0.29, 0.717) is 9.80 Å². The van der Waals surface area contributed by atoms with E-state index in [9.17, 15) is 38.4 Å². The fourth-order valence-corrected chi connectivity index (χ4v) is 11.6. The Morgan fingerprint density at radius 1 is 0.446 bits per heavy atom. The van der Waals surface area contributed by atoms with Crippen LogP contribution in [-0.4, -0.2) is 70.4 Å². The lowest BCUT2D eigenvalue weighted by atomic mass is 9.61. The van der Waals surface area contributed by atoms with Crippen LogP contribution in [0, 0.1) is 23.7 Å². The third-order valence-corrected chi connectivity index (χ3v) is 15.7. The number of hydrogen-bond donors (Lipinski definition) is 0. The number of nitrogens with zero attached hydrogens (tertiary/aromatic N) is 2. The minimum Gasteiger partial charge on any atom is -0.462 e. The molecule has 1 aliphatic carbocycles. The molecular formula is C62H86N2O10. The van der Waals surface area contributed by atoms with Gasteiger partial charge in [-0.1, -0.05) is 168 Å². The number of benzene rings is 2. The van der Waals surface area contributed by atoms with Gasteiger partial charge in [0.2, 0.25) is 0 Å². The third-order valence-electron chi connectivity index (χ3n) is 15.7. The van der Waals surface area contributed by atoms with Crippen LogP contribution in [0.1, 0.15) is 270 Å². The average Bonchev–Trinajstić information content (AvgIpc) is 3.79. The second kappa shape index (κ2) is 30.8. The summed E-state index contributed by atoms with van der Waals surface area (Å²) in [7, 11) is 0. The summed E-state index contributed by atoms with van der Waals surface area (Å²) in [5.74, 6) is -2.32. The Bertz CT molecular complexity index is 2310. The van der Waals surface area contributed by atoms with E-state index in [0.717, 1.165) is 75.0 Å². The van der Waals surface area contributed by atoms with Crippen molar-refractivity contribution in [1.82, 2.24) is 9.80 Å². The van der Waals surface area contributed by atoms with E-state index >= 15 is 0 Å². The molecule has 3 aliphatic rings. The Morgan fingerprint density at radius 2 is 0.757 bits per heavy atom. The van der Waals surface area contributed by atoms with Crippen molar-refractivity contribution in [3.05, 3.63) is 94.1 Å². The highest BCUT2D eigenvalue weighted by atomic mass is 16.5. The zero-order valence-corrected chi connectivity index (χ0v) is 45.4. The molecule has 1 fully saturated rings. The molecule has 2 aromatic rings. The molecule has 2 heterocycles. The number of ether oxygens (including phenoxy) is 2. The zero-order chi connectivity index (χ0) is 53.6. The highest BCUT2D eigenvalue weighted by Crippen LogP contribution is 2.48. The number of unbranched alkanes of at least 4 members (excludes halogenated alkanes) is 18. The molecule has 0 aromatic heterocycles. The summed E-state index contributed by atoms with van der Waals surface area (Å²) < 4.78 is 11.1. The van der Waals surface area contributed by atoms with Gasteiger partial charge in [0.05, 0.1) is 46.6 Å². The highest BCUT2D eigenvalue weighted by Gasteiger charge is 2.42. The predicted octanol–water partition coefficient (Wildman–Crippen LogP) is 14.5. The van der Waals surface area contributed by atoms with Crippen LogP contribution in [0.15, 0.2) is 60.7 Å². The fourth-order valence-electron chi connectivity index (χ4n) is 11.6. The minimum absolute atomic E-state index is 0.0177. The summed E-state index contributed by atoms with van der Waals surface area (Å²) in [5, 5.41) is 0. The van der Waals surface area contributed by atoms with Crippen LogP contribution < -0.4 is 0 Å². The molecule has 4 atom stereocenters. The number of fused-ring (bicyclic) bond motifs is 2.